The van der Waals surface area contributed by atoms with Gasteiger partial charge < -0.3 is 9.47 Å². The minimum Gasteiger partial charge on any atom is -0.460 e. The molecular weight excluding hydrogens is 323 g/mol. The SMILES string of the molecule is CCCCOCCOC(=O)c1cc(S(=O)(=O)Cl)ccc1F. The highest BCUT2D eigenvalue weighted by atomic mass is 35.7. The largest absolute Gasteiger partial charge is 0.460 e. The van der Waals surface area contributed by atoms with Gasteiger partial charge in [-0.05, 0) is 24.6 Å². The van der Waals surface area contributed by atoms with Crippen LogP contribution in [0.3, 0.4) is 0 Å². The van der Waals surface area contributed by atoms with Crippen LogP contribution in [0.4, 0.5) is 4.39 Å². The van der Waals surface area contributed by atoms with E-state index in [1.165, 1.54) is 0 Å². The fourth-order valence-corrected chi connectivity index (χ4v) is 2.21. The van der Waals surface area contributed by atoms with Crippen LogP contribution < -0.4 is 0 Å². The smallest absolute Gasteiger partial charge is 0.341 e. The van der Waals surface area contributed by atoms with Crippen LogP contribution in [0.5, 0.6) is 0 Å². The lowest BCUT2D eigenvalue weighted by Crippen LogP contribution is -2.13. The second kappa shape index (κ2) is 8.31. The zero-order chi connectivity index (χ0) is 15.9. The van der Waals surface area contributed by atoms with Crippen molar-refractivity contribution in [2.75, 3.05) is 19.8 Å². The van der Waals surface area contributed by atoms with E-state index < -0.39 is 26.4 Å². The lowest BCUT2D eigenvalue weighted by Gasteiger charge is -2.07. The summed E-state index contributed by atoms with van der Waals surface area (Å²) in [4.78, 5) is 11.3. The van der Waals surface area contributed by atoms with E-state index in [9.17, 15) is 17.6 Å². The summed E-state index contributed by atoms with van der Waals surface area (Å²) in [5.41, 5.74) is -0.481. The molecule has 0 spiro atoms. The van der Waals surface area contributed by atoms with E-state index in [2.05, 4.69) is 0 Å². The summed E-state index contributed by atoms with van der Waals surface area (Å²) in [5.74, 6) is -1.84. The normalized spacial score (nSPS) is 11.4. The number of hydrogen-bond donors (Lipinski definition) is 0. The number of carbonyl (C=O) groups is 1. The molecule has 8 heteroatoms. The maximum atomic E-state index is 13.5. The first kappa shape index (κ1) is 17.9. The summed E-state index contributed by atoms with van der Waals surface area (Å²) in [6.07, 6.45) is 1.89. The molecule has 1 aromatic carbocycles. The first-order valence-corrected chi connectivity index (χ1v) is 8.66. The Kier molecular flexibility index (Phi) is 7.07. The van der Waals surface area contributed by atoms with Crippen LogP contribution in [0.1, 0.15) is 30.1 Å². The molecule has 0 atom stereocenters. The Morgan fingerprint density at radius 2 is 2.00 bits per heavy atom. The highest BCUT2D eigenvalue weighted by molar-refractivity contribution is 8.13. The van der Waals surface area contributed by atoms with Crippen LogP contribution in [0.15, 0.2) is 23.1 Å². The van der Waals surface area contributed by atoms with Gasteiger partial charge in [-0.2, -0.15) is 0 Å². The quantitative estimate of drug-likeness (QED) is 0.414. The Morgan fingerprint density at radius 3 is 2.62 bits per heavy atom. The third kappa shape index (κ3) is 5.99. The van der Waals surface area contributed by atoms with Crippen LogP contribution in [0.25, 0.3) is 0 Å². The van der Waals surface area contributed by atoms with Crippen molar-refractivity contribution < 1.29 is 27.1 Å². The molecule has 0 aliphatic heterocycles. The van der Waals surface area contributed by atoms with Crippen LogP contribution in [0, 0.1) is 5.82 Å². The molecule has 118 valence electrons. The lowest BCUT2D eigenvalue weighted by molar-refractivity contribution is 0.0309. The number of esters is 1. The first-order valence-electron chi connectivity index (χ1n) is 6.35. The maximum absolute atomic E-state index is 13.5. The molecule has 0 aromatic heterocycles. The van der Waals surface area contributed by atoms with E-state index in [4.69, 9.17) is 20.2 Å². The van der Waals surface area contributed by atoms with Gasteiger partial charge in [0.05, 0.1) is 17.1 Å². The average Bonchev–Trinajstić information content (AvgIpc) is 2.41. The molecule has 0 unspecified atom stereocenters. The average molecular weight is 339 g/mol. The third-order valence-corrected chi connectivity index (χ3v) is 3.89. The summed E-state index contributed by atoms with van der Waals surface area (Å²) < 4.78 is 45.8. The predicted molar refractivity (Wildman–Crippen MR) is 75.4 cm³/mol. The molecule has 0 saturated carbocycles. The lowest BCUT2D eigenvalue weighted by atomic mass is 10.2. The van der Waals surface area contributed by atoms with Gasteiger partial charge in [0.1, 0.15) is 12.4 Å². The van der Waals surface area contributed by atoms with Crippen LogP contribution in [-0.4, -0.2) is 34.2 Å². The topological polar surface area (TPSA) is 69.7 Å². The minimum absolute atomic E-state index is 0.0418. The number of benzene rings is 1. The first-order chi connectivity index (χ1) is 9.86. The Balaban J connectivity index is 2.62. The summed E-state index contributed by atoms with van der Waals surface area (Å²) in [5, 5.41) is 0. The van der Waals surface area contributed by atoms with Crippen LogP contribution >= 0.6 is 10.7 Å². The molecule has 5 nitrogen and oxygen atoms in total. The maximum Gasteiger partial charge on any atom is 0.341 e. The fraction of sp³-hybridized carbons (Fsp3) is 0.462. The number of rotatable bonds is 8. The van der Waals surface area contributed by atoms with Gasteiger partial charge in [-0.25, -0.2) is 17.6 Å². The number of hydrogen-bond acceptors (Lipinski definition) is 5. The Labute approximate surface area is 127 Å². The molecule has 1 rings (SSSR count). The van der Waals surface area contributed by atoms with Gasteiger partial charge in [0.15, 0.2) is 0 Å². The van der Waals surface area contributed by atoms with Crippen LogP contribution in [0.2, 0.25) is 0 Å². The molecule has 21 heavy (non-hydrogen) atoms. The monoisotopic (exact) mass is 338 g/mol. The molecule has 0 aliphatic carbocycles. The fourth-order valence-electron chi connectivity index (χ4n) is 1.43. The molecule has 0 N–H and O–H groups in total. The molecular formula is C13H16ClFO5S. The van der Waals surface area contributed by atoms with Crippen molar-refractivity contribution in [3.05, 3.63) is 29.6 Å². The zero-order valence-electron chi connectivity index (χ0n) is 11.5. The van der Waals surface area contributed by atoms with Crippen molar-refractivity contribution >= 4 is 25.7 Å². The Hall–Kier alpha value is -1.18. The summed E-state index contributed by atoms with van der Waals surface area (Å²) in [7, 11) is 1.10. The molecule has 1 aromatic rings. The minimum atomic E-state index is -4.04. The van der Waals surface area contributed by atoms with Crippen molar-refractivity contribution in [3.63, 3.8) is 0 Å². The standard InChI is InChI=1S/C13H16ClFO5S/c1-2-3-6-19-7-8-20-13(16)11-9-10(21(14,17)18)4-5-12(11)15/h4-5,9H,2-3,6-8H2,1H3. The summed E-state index contributed by atoms with van der Waals surface area (Å²) in [6, 6.07) is 2.67. The van der Waals surface area contributed by atoms with Gasteiger partial charge in [0, 0.05) is 17.3 Å². The van der Waals surface area contributed by atoms with Crippen molar-refractivity contribution in [2.24, 2.45) is 0 Å². The number of halogens is 2. The van der Waals surface area contributed by atoms with E-state index in [-0.39, 0.29) is 18.1 Å². The Morgan fingerprint density at radius 1 is 1.29 bits per heavy atom. The highest BCUT2D eigenvalue weighted by Gasteiger charge is 2.18. The van der Waals surface area contributed by atoms with Crippen molar-refractivity contribution in [2.45, 2.75) is 24.7 Å². The van der Waals surface area contributed by atoms with Gasteiger partial charge in [0.2, 0.25) is 0 Å². The number of unbranched alkanes of at least 4 members (excludes halogenated alkanes) is 1. The molecule has 0 heterocycles. The van der Waals surface area contributed by atoms with Crippen molar-refractivity contribution in [1.82, 2.24) is 0 Å². The zero-order valence-corrected chi connectivity index (χ0v) is 13.0. The van der Waals surface area contributed by atoms with Gasteiger partial charge in [-0.1, -0.05) is 13.3 Å². The van der Waals surface area contributed by atoms with Gasteiger partial charge >= 0.3 is 5.97 Å². The third-order valence-electron chi connectivity index (χ3n) is 2.54. The molecule has 0 radical (unpaired) electrons. The van der Waals surface area contributed by atoms with Crippen molar-refractivity contribution in [1.29, 1.82) is 0 Å². The second-order valence-corrected chi connectivity index (χ2v) is 6.75. The summed E-state index contributed by atoms with van der Waals surface area (Å²) in [6.45, 7) is 2.73. The second-order valence-electron chi connectivity index (χ2n) is 4.18. The highest BCUT2D eigenvalue weighted by Crippen LogP contribution is 2.19. The molecule has 0 amide bonds. The number of carbonyl (C=O) groups excluding carboxylic acids is 1. The molecule has 0 fully saturated rings. The molecule has 0 bridgehead atoms. The van der Waals surface area contributed by atoms with E-state index >= 15 is 0 Å². The van der Waals surface area contributed by atoms with E-state index in [1.54, 1.807) is 0 Å². The van der Waals surface area contributed by atoms with Crippen LogP contribution in [-0.2, 0) is 18.5 Å². The summed E-state index contributed by atoms with van der Waals surface area (Å²) >= 11 is 0. The molecule has 0 aliphatic rings. The molecule has 0 saturated heterocycles. The van der Waals surface area contributed by atoms with Gasteiger partial charge in [-0.3, -0.25) is 0 Å². The predicted octanol–water partition coefficient (Wildman–Crippen LogP) is 2.73. The Bertz CT molecular complexity index is 588. The van der Waals surface area contributed by atoms with E-state index in [1.807, 2.05) is 6.92 Å². The van der Waals surface area contributed by atoms with Gasteiger partial charge in [-0.15, -0.1) is 0 Å². The van der Waals surface area contributed by atoms with Crippen molar-refractivity contribution in [3.8, 4) is 0 Å². The van der Waals surface area contributed by atoms with E-state index in [0.29, 0.717) is 6.61 Å². The van der Waals surface area contributed by atoms with E-state index in [0.717, 1.165) is 31.0 Å². The number of ether oxygens (including phenoxy) is 2. The van der Waals surface area contributed by atoms with Gasteiger partial charge in [0.25, 0.3) is 9.05 Å².